The molecule has 0 aliphatic carbocycles. The fraction of sp³-hybridized carbons (Fsp3) is 0.250. The van der Waals surface area contributed by atoms with Crippen LogP contribution >= 0.6 is 27.5 Å². The van der Waals surface area contributed by atoms with E-state index in [0.717, 1.165) is 15.6 Å². The predicted octanol–water partition coefficient (Wildman–Crippen LogP) is 4.46. The molecule has 5 heteroatoms. The minimum atomic E-state index is 0.228. The van der Waals surface area contributed by atoms with Gasteiger partial charge in [-0.3, -0.25) is 0 Å². The molecule has 0 spiro atoms. The Kier molecular flexibility index (Phi) is 3.45. The van der Waals surface area contributed by atoms with Crippen molar-refractivity contribution in [2.75, 3.05) is 5.73 Å². The molecule has 0 fully saturated rings. The molecule has 1 aromatic heterocycles. The molecule has 90 valence electrons. The minimum absolute atomic E-state index is 0.228. The quantitative estimate of drug-likeness (QED) is 0.890. The number of hydrogen-bond donors (Lipinski definition) is 1. The number of aromatic nitrogens is 1. The zero-order valence-corrected chi connectivity index (χ0v) is 11.8. The molecule has 0 unspecified atom stereocenters. The maximum atomic E-state index is 6.17. The van der Waals surface area contributed by atoms with Crippen molar-refractivity contribution in [1.82, 2.24) is 5.16 Å². The monoisotopic (exact) mass is 314 g/mol. The third kappa shape index (κ3) is 2.33. The van der Waals surface area contributed by atoms with Crippen LogP contribution in [0.3, 0.4) is 0 Å². The predicted molar refractivity (Wildman–Crippen MR) is 73.2 cm³/mol. The number of nitrogens with two attached hydrogens (primary N) is 1. The van der Waals surface area contributed by atoms with Crippen molar-refractivity contribution in [3.8, 4) is 11.3 Å². The lowest BCUT2D eigenvalue weighted by atomic mass is 9.99. The topological polar surface area (TPSA) is 52.0 Å². The third-order valence-electron chi connectivity index (χ3n) is 2.51. The summed E-state index contributed by atoms with van der Waals surface area (Å²) < 4.78 is 6.23. The van der Waals surface area contributed by atoms with Crippen LogP contribution in [0.5, 0.6) is 0 Å². The largest absolute Gasteiger partial charge is 0.381 e. The first kappa shape index (κ1) is 12.5. The van der Waals surface area contributed by atoms with Crippen LogP contribution in [-0.2, 0) is 0 Å². The molecule has 1 aromatic carbocycles. The number of nitrogen functional groups attached to an aromatic ring is 1. The number of rotatable bonds is 2. The Morgan fingerprint density at radius 3 is 2.76 bits per heavy atom. The van der Waals surface area contributed by atoms with Crippen molar-refractivity contribution >= 4 is 33.3 Å². The van der Waals surface area contributed by atoms with Gasteiger partial charge in [-0.1, -0.05) is 46.5 Å². The second kappa shape index (κ2) is 4.70. The third-order valence-corrected chi connectivity index (χ3v) is 3.33. The first-order valence-corrected chi connectivity index (χ1v) is 6.38. The van der Waals surface area contributed by atoms with Crippen LogP contribution in [0.2, 0.25) is 5.02 Å². The average molecular weight is 316 g/mol. The van der Waals surface area contributed by atoms with E-state index in [9.17, 15) is 0 Å². The number of halogens is 2. The molecule has 17 heavy (non-hydrogen) atoms. The Morgan fingerprint density at radius 2 is 2.12 bits per heavy atom. The number of hydrogen-bond acceptors (Lipinski definition) is 3. The summed E-state index contributed by atoms with van der Waals surface area (Å²) in [6.45, 7) is 4.08. The van der Waals surface area contributed by atoms with Gasteiger partial charge >= 0.3 is 0 Å². The molecular formula is C12H12BrClN2O. The smallest absolute Gasteiger partial charge is 0.174 e. The summed E-state index contributed by atoms with van der Waals surface area (Å²) in [4.78, 5) is 0. The van der Waals surface area contributed by atoms with Gasteiger partial charge in [0, 0.05) is 15.6 Å². The van der Waals surface area contributed by atoms with Gasteiger partial charge in [-0.15, -0.1) is 0 Å². The van der Waals surface area contributed by atoms with Crippen LogP contribution in [0.4, 0.5) is 5.82 Å². The van der Waals surface area contributed by atoms with Gasteiger partial charge in [0.25, 0.3) is 0 Å². The normalized spacial score (nSPS) is 11.1. The number of nitrogens with zero attached hydrogens (tertiary/aromatic N) is 1. The van der Waals surface area contributed by atoms with Crippen molar-refractivity contribution in [3.05, 3.63) is 33.3 Å². The van der Waals surface area contributed by atoms with E-state index in [1.54, 1.807) is 0 Å². The van der Waals surface area contributed by atoms with Gasteiger partial charge in [0.05, 0.1) is 5.02 Å². The zero-order valence-electron chi connectivity index (χ0n) is 9.50. The van der Waals surface area contributed by atoms with Gasteiger partial charge in [-0.05, 0) is 24.1 Å². The van der Waals surface area contributed by atoms with Crippen LogP contribution in [0.25, 0.3) is 11.3 Å². The number of anilines is 1. The molecule has 1 heterocycles. The molecule has 0 saturated carbocycles. The zero-order chi connectivity index (χ0) is 12.6. The average Bonchev–Trinajstić information content (AvgIpc) is 2.64. The first-order valence-electron chi connectivity index (χ1n) is 5.21. The molecule has 0 aliphatic heterocycles. The Hall–Kier alpha value is -1.000. The second-order valence-corrected chi connectivity index (χ2v) is 5.41. The van der Waals surface area contributed by atoms with Crippen molar-refractivity contribution in [2.45, 2.75) is 19.8 Å². The molecule has 2 aromatic rings. The SMILES string of the molecule is CC(C)c1c(N)noc1-c1cc(Br)ccc1Cl. The van der Waals surface area contributed by atoms with Crippen molar-refractivity contribution in [3.63, 3.8) is 0 Å². The van der Waals surface area contributed by atoms with Crippen LogP contribution in [-0.4, -0.2) is 5.16 Å². The van der Waals surface area contributed by atoms with Gasteiger partial charge in [0.15, 0.2) is 11.6 Å². The van der Waals surface area contributed by atoms with Gasteiger partial charge in [0.2, 0.25) is 0 Å². The summed E-state index contributed by atoms with van der Waals surface area (Å²) in [6, 6.07) is 5.58. The lowest BCUT2D eigenvalue weighted by Crippen LogP contribution is -1.95. The van der Waals surface area contributed by atoms with E-state index in [4.69, 9.17) is 21.9 Å². The Labute approximate surface area is 113 Å². The summed E-state index contributed by atoms with van der Waals surface area (Å²) in [5.41, 5.74) is 7.50. The lowest BCUT2D eigenvalue weighted by molar-refractivity contribution is 0.434. The molecule has 0 bridgehead atoms. The summed E-state index contributed by atoms with van der Waals surface area (Å²) in [5, 5.41) is 4.43. The highest BCUT2D eigenvalue weighted by Gasteiger charge is 2.20. The van der Waals surface area contributed by atoms with Crippen molar-refractivity contribution in [2.24, 2.45) is 0 Å². The maximum Gasteiger partial charge on any atom is 0.174 e. The summed E-state index contributed by atoms with van der Waals surface area (Å²) in [7, 11) is 0. The molecule has 0 atom stereocenters. The van der Waals surface area contributed by atoms with Gasteiger partial charge in [-0.25, -0.2) is 0 Å². The lowest BCUT2D eigenvalue weighted by Gasteiger charge is -2.07. The van der Waals surface area contributed by atoms with E-state index in [-0.39, 0.29) is 5.92 Å². The van der Waals surface area contributed by atoms with Crippen LogP contribution in [0, 0.1) is 0 Å². The van der Waals surface area contributed by atoms with E-state index in [2.05, 4.69) is 21.1 Å². The second-order valence-electron chi connectivity index (χ2n) is 4.09. The van der Waals surface area contributed by atoms with Gasteiger partial charge in [0.1, 0.15) is 0 Å². The van der Waals surface area contributed by atoms with Crippen molar-refractivity contribution < 1.29 is 4.52 Å². The molecule has 0 saturated heterocycles. The molecular weight excluding hydrogens is 304 g/mol. The Bertz CT molecular complexity index is 551. The Morgan fingerprint density at radius 1 is 1.41 bits per heavy atom. The molecule has 0 radical (unpaired) electrons. The highest BCUT2D eigenvalue weighted by Crippen LogP contribution is 2.38. The van der Waals surface area contributed by atoms with E-state index in [1.807, 2.05) is 32.0 Å². The van der Waals surface area contributed by atoms with E-state index >= 15 is 0 Å². The molecule has 2 N–H and O–H groups in total. The molecule has 3 nitrogen and oxygen atoms in total. The minimum Gasteiger partial charge on any atom is -0.381 e. The van der Waals surface area contributed by atoms with E-state index < -0.39 is 0 Å². The van der Waals surface area contributed by atoms with E-state index in [1.165, 1.54) is 0 Å². The van der Waals surface area contributed by atoms with Crippen LogP contribution in [0.15, 0.2) is 27.2 Å². The van der Waals surface area contributed by atoms with Crippen LogP contribution in [0.1, 0.15) is 25.3 Å². The van der Waals surface area contributed by atoms with E-state index in [0.29, 0.717) is 16.6 Å². The van der Waals surface area contributed by atoms with Crippen molar-refractivity contribution in [1.29, 1.82) is 0 Å². The number of benzene rings is 1. The summed E-state index contributed by atoms with van der Waals surface area (Å²) >= 11 is 9.58. The Balaban J connectivity index is 2.64. The molecule has 0 aliphatic rings. The van der Waals surface area contributed by atoms with Gasteiger partial charge < -0.3 is 10.3 Å². The maximum absolute atomic E-state index is 6.17. The summed E-state index contributed by atoms with van der Waals surface area (Å²) in [6.07, 6.45) is 0. The standard InChI is InChI=1S/C12H12BrClN2O/c1-6(2)10-11(17-16-12(10)15)8-5-7(13)3-4-9(8)14/h3-6H,1-2H3,(H2,15,16). The molecule has 0 amide bonds. The van der Waals surface area contributed by atoms with Gasteiger partial charge in [-0.2, -0.15) is 0 Å². The summed E-state index contributed by atoms with van der Waals surface area (Å²) in [5.74, 6) is 1.29. The van der Waals surface area contributed by atoms with Crippen LogP contribution < -0.4 is 5.73 Å². The first-order chi connectivity index (χ1) is 8.00. The molecule has 2 rings (SSSR count). The fourth-order valence-electron chi connectivity index (χ4n) is 1.73. The fourth-order valence-corrected chi connectivity index (χ4v) is 2.30. The highest BCUT2D eigenvalue weighted by atomic mass is 79.9. The highest BCUT2D eigenvalue weighted by molar-refractivity contribution is 9.10.